The van der Waals surface area contributed by atoms with E-state index in [-0.39, 0.29) is 17.1 Å². The lowest BCUT2D eigenvalue weighted by Gasteiger charge is -2.26. The van der Waals surface area contributed by atoms with Gasteiger partial charge in [-0.3, -0.25) is 5.32 Å². The molecule has 29 heavy (non-hydrogen) atoms. The second-order valence-corrected chi connectivity index (χ2v) is 6.71. The van der Waals surface area contributed by atoms with Crippen molar-refractivity contribution in [3.05, 3.63) is 59.7 Å². The molecule has 0 radical (unpaired) electrons. The van der Waals surface area contributed by atoms with E-state index in [9.17, 15) is 10.0 Å². The van der Waals surface area contributed by atoms with Crippen molar-refractivity contribution in [1.29, 1.82) is 0 Å². The lowest BCUT2D eigenvalue weighted by Crippen LogP contribution is -3.06. The highest BCUT2D eigenvalue weighted by Crippen LogP contribution is 2.31. The summed E-state index contributed by atoms with van der Waals surface area (Å²) >= 11 is 0. The van der Waals surface area contributed by atoms with Crippen LogP contribution in [0.1, 0.15) is 19.4 Å². The number of nitrogens with zero attached hydrogens (tertiary/aromatic N) is 3. The number of nitrogens with one attached hydrogen (secondary N) is 4. The van der Waals surface area contributed by atoms with Gasteiger partial charge in [-0.2, -0.15) is 0 Å². The fourth-order valence-corrected chi connectivity index (χ4v) is 3.12. The molecule has 1 aliphatic heterocycles. The fourth-order valence-electron chi connectivity index (χ4n) is 3.12. The molecule has 0 bridgehead atoms. The summed E-state index contributed by atoms with van der Waals surface area (Å²) in [5.41, 5.74) is 3.69. The van der Waals surface area contributed by atoms with Gasteiger partial charge in [0.05, 0.1) is 5.52 Å². The van der Waals surface area contributed by atoms with E-state index in [0.29, 0.717) is 34.9 Å². The zero-order valence-electron chi connectivity index (χ0n) is 16.1. The van der Waals surface area contributed by atoms with E-state index in [4.69, 9.17) is 0 Å². The number of imidazole rings is 1. The molecule has 2 aromatic heterocycles. The van der Waals surface area contributed by atoms with Gasteiger partial charge in [0.2, 0.25) is 5.95 Å². The average Bonchev–Trinajstić information content (AvgIpc) is 3.12. The topological polar surface area (TPSA) is 123 Å². The first-order valence-electron chi connectivity index (χ1n) is 9.35. The molecule has 2 amide bonds. The van der Waals surface area contributed by atoms with Crippen LogP contribution in [0.2, 0.25) is 0 Å². The molecular weight excluding hydrogens is 370 g/mol. The summed E-state index contributed by atoms with van der Waals surface area (Å²) in [4.78, 5) is 28.2. The summed E-state index contributed by atoms with van der Waals surface area (Å²) in [6.07, 6.45) is 8.78. The van der Waals surface area contributed by atoms with Crippen molar-refractivity contribution in [2.75, 3.05) is 11.9 Å². The van der Waals surface area contributed by atoms with Gasteiger partial charge in [0.15, 0.2) is 5.82 Å². The molecule has 4 rings (SSSR count). The van der Waals surface area contributed by atoms with E-state index >= 15 is 0 Å². The molecular formula is C20H21N7O2. The Morgan fingerprint density at radius 3 is 2.83 bits per heavy atom. The van der Waals surface area contributed by atoms with Crippen molar-refractivity contribution in [2.24, 2.45) is 0 Å². The molecule has 0 spiro atoms. The number of anilines is 1. The smallest absolute Gasteiger partial charge is 0.321 e. The number of H-pyrrole nitrogens is 1. The molecule has 0 saturated heterocycles. The third kappa shape index (κ3) is 3.86. The monoisotopic (exact) mass is 391 g/mol. The van der Waals surface area contributed by atoms with Crippen molar-refractivity contribution >= 4 is 28.6 Å². The number of hydrogen-bond acceptors (Lipinski definition) is 5. The second kappa shape index (κ2) is 7.82. The maximum absolute atomic E-state index is 12.2. The summed E-state index contributed by atoms with van der Waals surface area (Å²) in [7, 11) is 0. The first-order chi connectivity index (χ1) is 14.0. The van der Waals surface area contributed by atoms with Crippen molar-refractivity contribution in [1.82, 2.24) is 25.3 Å². The summed E-state index contributed by atoms with van der Waals surface area (Å²) < 4.78 is 0. The maximum Gasteiger partial charge on any atom is 0.321 e. The predicted molar refractivity (Wildman–Crippen MR) is 111 cm³/mol. The number of amides is 2. The highest BCUT2D eigenvalue weighted by Gasteiger charge is 2.18. The Morgan fingerprint density at radius 1 is 1.31 bits per heavy atom. The molecule has 3 aromatic rings. The van der Waals surface area contributed by atoms with Crippen LogP contribution in [-0.2, 0) is 0 Å². The summed E-state index contributed by atoms with van der Waals surface area (Å²) in [5.74, 6) is 0.827. The second-order valence-electron chi connectivity index (χ2n) is 6.71. The highest BCUT2D eigenvalue weighted by atomic mass is 16.5. The Balaban J connectivity index is 1.83. The van der Waals surface area contributed by atoms with Crippen LogP contribution in [0.5, 0.6) is 0 Å². The maximum atomic E-state index is 12.2. The fraction of sp³-hybridized carbons (Fsp3) is 0.200. The van der Waals surface area contributed by atoms with Gasteiger partial charge in [0, 0.05) is 30.1 Å². The Morgan fingerprint density at radius 2 is 2.10 bits per heavy atom. The number of fused-ring (bicyclic) bond motifs is 1. The van der Waals surface area contributed by atoms with Crippen LogP contribution in [0.15, 0.2) is 48.9 Å². The molecule has 2 atom stereocenters. The van der Waals surface area contributed by atoms with Gasteiger partial charge in [0.25, 0.3) is 0 Å². The van der Waals surface area contributed by atoms with Gasteiger partial charge in [-0.25, -0.2) is 19.7 Å². The number of urea groups is 1. The Bertz CT molecular complexity index is 1100. The van der Waals surface area contributed by atoms with Crippen molar-refractivity contribution < 1.29 is 9.86 Å². The minimum absolute atomic E-state index is 0.0586. The molecule has 1 aromatic carbocycles. The number of hydroxylamine groups is 2. The number of benzene rings is 1. The lowest BCUT2D eigenvalue weighted by atomic mass is 9.99. The molecule has 9 nitrogen and oxygen atoms in total. The van der Waals surface area contributed by atoms with Crippen LogP contribution in [-0.4, -0.2) is 38.6 Å². The number of rotatable bonds is 4. The zero-order chi connectivity index (χ0) is 20.4. The third-order valence-corrected chi connectivity index (χ3v) is 4.61. The SMILES string of the molecule is CCNC(=O)Nc1nc2c(-c3ncccn3)cc(C3=C[NH+]([O-])C(C)C=C3)cc2[nH]1. The summed E-state index contributed by atoms with van der Waals surface area (Å²) in [6, 6.07) is 5.08. The molecule has 9 heteroatoms. The van der Waals surface area contributed by atoms with E-state index in [0.717, 1.165) is 11.1 Å². The third-order valence-electron chi connectivity index (χ3n) is 4.61. The average molecular weight is 391 g/mol. The summed E-state index contributed by atoms with van der Waals surface area (Å²) in [6.45, 7) is 4.21. The first kappa shape index (κ1) is 18.8. The van der Waals surface area contributed by atoms with Crippen LogP contribution >= 0.6 is 0 Å². The summed E-state index contributed by atoms with van der Waals surface area (Å²) in [5, 5.41) is 17.6. The largest absolute Gasteiger partial charge is 0.629 e. The van der Waals surface area contributed by atoms with Crippen LogP contribution < -0.4 is 15.7 Å². The molecule has 1 aliphatic rings. The Labute approximate surface area is 167 Å². The van der Waals surface area contributed by atoms with Crippen LogP contribution in [0.25, 0.3) is 28.0 Å². The van der Waals surface area contributed by atoms with Gasteiger partial charge in [-0.1, -0.05) is 0 Å². The number of quaternary nitrogens is 1. The normalized spacial score (nSPS) is 18.5. The van der Waals surface area contributed by atoms with Crippen LogP contribution in [0, 0.1) is 5.21 Å². The Hall–Kier alpha value is -3.56. The molecule has 0 saturated carbocycles. The highest BCUT2D eigenvalue weighted by molar-refractivity contribution is 5.97. The van der Waals surface area contributed by atoms with Gasteiger partial charge in [-0.15, -0.1) is 0 Å². The minimum atomic E-state index is -0.346. The predicted octanol–water partition coefficient (Wildman–Crippen LogP) is 1.84. The van der Waals surface area contributed by atoms with E-state index in [1.54, 1.807) is 24.7 Å². The first-order valence-corrected chi connectivity index (χ1v) is 9.35. The molecule has 4 N–H and O–H groups in total. The minimum Gasteiger partial charge on any atom is -0.629 e. The van der Waals surface area contributed by atoms with E-state index < -0.39 is 0 Å². The molecule has 0 fully saturated rings. The van der Waals surface area contributed by atoms with E-state index in [1.807, 2.05) is 38.1 Å². The van der Waals surface area contributed by atoms with E-state index in [1.165, 1.54) is 0 Å². The standard InChI is InChI=1S/C20H21N7O2/c1-3-21-20(28)26-19-24-16-10-14(13-6-5-12(2)27(29)11-13)9-15(17(16)25-19)18-22-7-4-8-23-18/h4-12,27H,3H2,1-2H3,(H3,21,24,25,26,28). The lowest BCUT2D eigenvalue weighted by molar-refractivity contribution is -0.810. The van der Waals surface area contributed by atoms with Crippen LogP contribution in [0.4, 0.5) is 10.7 Å². The number of hydrogen-bond donors (Lipinski definition) is 4. The molecule has 148 valence electrons. The Kier molecular flexibility index (Phi) is 5.07. The zero-order valence-corrected chi connectivity index (χ0v) is 16.1. The molecule has 3 heterocycles. The van der Waals surface area contributed by atoms with Gasteiger partial charge in [0.1, 0.15) is 17.8 Å². The number of allylic oxidation sites excluding steroid dienone is 2. The number of carbonyl (C=O) groups is 1. The van der Waals surface area contributed by atoms with Gasteiger partial charge in [-0.05, 0) is 49.8 Å². The quantitative estimate of drug-likeness (QED) is 0.506. The molecule has 2 unspecified atom stereocenters. The van der Waals surface area contributed by atoms with Gasteiger partial charge >= 0.3 is 6.03 Å². The van der Waals surface area contributed by atoms with Gasteiger partial charge < -0.3 is 20.6 Å². The molecule has 0 aliphatic carbocycles. The number of carbonyl (C=O) groups excluding carboxylic acids is 1. The van der Waals surface area contributed by atoms with Crippen LogP contribution in [0.3, 0.4) is 0 Å². The number of aromatic amines is 1. The van der Waals surface area contributed by atoms with Crippen molar-refractivity contribution in [2.45, 2.75) is 19.9 Å². The van der Waals surface area contributed by atoms with Crippen molar-refractivity contribution in [3.63, 3.8) is 0 Å². The number of aromatic nitrogens is 4. The van der Waals surface area contributed by atoms with E-state index in [2.05, 4.69) is 30.6 Å². The van der Waals surface area contributed by atoms with Crippen molar-refractivity contribution in [3.8, 4) is 11.4 Å².